The third-order valence-electron chi connectivity index (χ3n) is 4.44. The molecule has 1 fully saturated rings. The second-order valence-electron chi connectivity index (χ2n) is 6.16. The SMILES string of the molecule is CC[C@@](C)(NC(=O)c1ccccn1)C(=O)NC1CCCCC1. The van der Waals surface area contributed by atoms with Crippen LogP contribution in [-0.2, 0) is 4.79 Å². The molecule has 0 unspecified atom stereocenters. The molecule has 1 atom stereocenters. The first kappa shape index (κ1) is 16.5. The highest BCUT2D eigenvalue weighted by Gasteiger charge is 2.34. The van der Waals surface area contributed by atoms with Crippen LogP contribution in [0.2, 0.25) is 0 Å². The Bertz CT molecular complexity index is 512. The molecule has 0 bridgehead atoms. The van der Waals surface area contributed by atoms with E-state index >= 15 is 0 Å². The zero-order chi connectivity index (χ0) is 16.0. The van der Waals surface area contributed by atoms with E-state index in [0.29, 0.717) is 12.1 Å². The van der Waals surface area contributed by atoms with Gasteiger partial charge >= 0.3 is 0 Å². The first-order valence-corrected chi connectivity index (χ1v) is 8.09. The Morgan fingerprint density at radius 3 is 2.59 bits per heavy atom. The van der Waals surface area contributed by atoms with Crippen LogP contribution in [0.3, 0.4) is 0 Å². The Balaban J connectivity index is 2.00. The standard InChI is InChI=1S/C17H25N3O2/c1-3-17(2,16(22)19-13-9-5-4-6-10-13)20-15(21)14-11-7-8-12-18-14/h7-8,11-13H,3-6,9-10H2,1-2H3,(H,19,22)(H,20,21)/t17-/m1/s1. The first-order valence-electron chi connectivity index (χ1n) is 8.09. The first-order chi connectivity index (χ1) is 10.5. The molecule has 120 valence electrons. The molecule has 1 saturated carbocycles. The van der Waals surface area contributed by atoms with Crippen molar-refractivity contribution in [3.63, 3.8) is 0 Å². The van der Waals surface area contributed by atoms with Crippen LogP contribution < -0.4 is 10.6 Å². The largest absolute Gasteiger partial charge is 0.351 e. The normalized spacial score (nSPS) is 18.3. The summed E-state index contributed by atoms with van der Waals surface area (Å²) in [5.41, 5.74) is -0.584. The van der Waals surface area contributed by atoms with Gasteiger partial charge in [0.1, 0.15) is 11.2 Å². The molecule has 0 radical (unpaired) electrons. The Morgan fingerprint density at radius 2 is 2.00 bits per heavy atom. The van der Waals surface area contributed by atoms with Gasteiger partial charge in [-0.3, -0.25) is 14.6 Å². The summed E-state index contributed by atoms with van der Waals surface area (Å²) in [7, 11) is 0. The van der Waals surface area contributed by atoms with Gasteiger partial charge in [-0.15, -0.1) is 0 Å². The predicted molar refractivity (Wildman–Crippen MR) is 85.4 cm³/mol. The van der Waals surface area contributed by atoms with Crippen LogP contribution in [0.5, 0.6) is 0 Å². The lowest BCUT2D eigenvalue weighted by Crippen LogP contribution is -2.58. The van der Waals surface area contributed by atoms with Crippen molar-refractivity contribution in [2.45, 2.75) is 64.0 Å². The van der Waals surface area contributed by atoms with E-state index in [1.165, 1.54) is 6.42 Å². The highest BCUT2D eigenvalue weighted by molar-refractivity contribution is 5.97. The van der Waals surface area contributed by atoms with Crippen molar-refractivity contribution < 1.29 is 9.59 Å². The molecule has 5 nitrogen and oxygen atoms in total. The summed E-state index contributed by atoms with van der Waals surface area (Å²) in [5, 5.41) is 5.93. The molecule has 0 spiro atoms. The zero-order valence-electron chi connectivity index (χ0n) is 13.4. The summed E-state index contributed by atoms with van der Waals surface area (Å²) < 4.78 is 0. The number of amides is 2. The van der Waals surface area contributed by atoms with Crippen LogP contribution in [0.4, 0.5) is 0 Å². The number of rotatable bonds is 5. The maximum absolute atomic E-state index is 12.6. The molecule has 2 rings (SSSR count). The van der Waals surface area contributed by atoms with Crippen molar-refractivity contribution in [2.75, 3.05) is 0 Å². The van der Waals surface area contributed by atoms with Crippen molar-refractivity contribution >= 4 is 11.8 Å². The molecule has 1 aliphatic carbocycles. The fourth-order valence-corrected chi connectivity index (χ4v) is 2.71. The third-order valence-corrected chi connectivity index (χ3v) is 4.44. The summed E-state index contributed by atoms with van der Waals surface area (Å²) in [4.78, 5) is 28.9. The van der Waals surface area contributed by atoms with Crippen molar-refractivity contribution in [1.82, 2.24) is 15.6 Å². The lowest BCUT2D eigenvalue weighted by molar-refractivity contribution is -0.127. The quantitative estimate of drug-likeness (QED) is 0.877. The topological polar surface area (TPSA) is 71.1 Å². The monoisotopic (exact) mass is 303 g/mol. The molecule has 0 aromatic carbocycles. The van der Waals surface area contributed by atoms with Crippen molar-refractivity contribution in [1.29, 1.82) is 0 Å². The van der Waals surface area contributed by atoms with Crippen LogP contribution in [0, 0.1) is 0 Å². The van der Waals surface area contributed by atoms with Gasteiger partial charge < -0.3 is 10.6 Å². The maximum Gasteiger partial charge on any atom is 0.270 e. The van der Waals surface area contributed by atoms with Gasteiger partial charge in [0.2, 0.25) is 5.91 Å². The van der Waals surface area contributed by atoms with Gasteiger partial charge in [0.25, 0.3) is 5.91 Å². The van der Waals surface area contributed by atoms with Crippen molar-refractivity contribution in [3.8, 4) is 0 Å². The summed E-state index contributed by atoms with van der Waals surface area (Å²) in [6.07, 6.45) is 7.72. The summed E-state index contributed by atoms with van der Waals surface area (Å²) >= 11 is 0. The van der Waals surface area contributed by atoms with Crippen LogP contribution in [0.25, 0.3) is 0 Å². The molecule has 1 aromatic rings. The zero-order valence-corrected chi connectivity index (χ0v) is 13.4. The molecule has 2 amide bonds. The summed E-state index contributed by atoms with van der Waals surface area (Å²) in [6, 6.07) is 5.39. The van der Waals surface area contributed by atoms with E-state index in [1.807, 2.05) is 6.92 Å². The van der Waals surface area contributed by atoms with E-state index in [4.69, 9.17) is 0 Å². The number of pyridine rings is 1. The molecule has 2 N–H and O–H groups in total. The number of aromatic nitrogens is 1. The minimum Gasteiger partial charge on any atom is -0.351 e. The highest BCUT2D eigenvalue weighted by Crippen LogP contribution is 2.19. The molecular weight excluding hydrogens is 278 g/mol. The van der Waals surface area contributed by atoms with E-state index in [-0.39, 0.29) is 17.9 Å². The molecule has 0 saturated heterocycles. The van der Waals surface area contributed by atoms with E-state index in [1.54, 1.807) is 31.3 Å². The Kier molecular flexibility index (Phi) is 5.52. The molecule has 1 heterocycles. The second kappa shape index (κ2) is 7.38. The van der Waals surface area contributed by atoms with Gasteiger partial charge in [0.15, 0.2) is 0 Å². The average Bonchev–Trinajstić information content (AvgIpc) is 2.56. The van der Waals surface area contributed by atoms with E-state index in [2.05, 4.69) is 15.6 Å². The average molecular weight is 303 g/mol. The van der Waals surface area contributed by atoms with Gasteiger partial charge in [0.05, 0.1) is 0 Å². The van der Waals surface area contributed by atoms with Crippen LogP contribution in [0.15, 0.2) is 24.4 Å². The highest BCUT2D eigenvalue weighted by atomic mass is 16.2. The number of hydrogen-bond acceptors (Lipinski definition) is 3. The molecule has 5 heteroatoms. The van der Waals surface area contributed by atoms with Crippen LogP contribution >= 0.6 is 0 Å². The number of hydrogen-bond donors (Lipinski definition) is 2. The number of nitrogens with one attached hydrogen (secondary N) is 2. The minimum atomic E-state index is -0.911. The van der Waals surface area contributed by atoms with E-state index in [9.17, 15) is 9.59 Å². The fourth-order valence-electron chi connectivity index (χ4n) is 2.71. The molecule has 22 heavy (non-hydrogen) atoms. The lowest BCUT2D eigenvalue weighted by Gasteiger charge is -2.32. The van der Waals surface area contributed by atoms with Gasteiger partial charge in [-0.1, -0.05) is 32.3 Å². The Morgan fingerprint density at radius 1 is 1.27 bits per heavy atom. The van der Waals surface area contributed by atoms with Gasteiger partial charge in [0, 0.05) is 12.2 Å². The molecule has 1 aromatic heterocycles. The molecular formula is C17H25N3O2. The van der Waals surface area contributed by atoms with E-state index in [0.717, 1.165) is 25.7 Å². The Hall–Kier alpha value is -1.91. The third kappa shape index (κ3) is 4.06. The summed E-state index contributed by atoms with van der Waals surface area (Å²) in [5.74, 6) is -0.421. The predicted octanol–water partition coefficient (Wildman–Crippen LogP) is 2.43. The van der Waals surface area contributed by atoms with Crippen LogP contribution in [0.1, 0.15) is 62.9 Å². The van der Waals surface area contributed by atoms with Gasteiger partial charge in [-0.2, -0.15) is 0 Å². The molecule has 1 aliphatic rings. The number of carbonyl (C=O) groups is 2. The Labute approximate surface area is 131 Å². The van der Waals surface area contributed by atoms with Crippen molar-refractivity contribution in [3.05, 3.63) is 30.1 Å². The second-order valence-corrected chi connectivity index (χ2v) is 6.16. The van der Waals surface area contributed by atoms with Gasteiger partial charge in [-0.25, -0.2) is 0 Å². The molecule has 0 aliphatic heterocycles. The lowest BCUT2D eigenvalue weighted by atomic mass is 9.92. The smallest absolute Gasteiger partial charge is 0.270 e. The van der Waals surface area contributed by atoms with E-state index < -0.39 is 5.54 Å². The minimum absolute atomic E-state index is 0.105. The van der Waals surface area contributed by atoms with Crippen molar-refractivity contribution in [2.24, 2.45) is 0 Å². The maximum atomic E-state index is 12.6. The van der Waals surface area contributed by atoms with Gasteiger partial charge in [-0.05, 0) is 38.3 Å². The van der Waals surface area contributed by atoms with Crippen LogP contribution in [-0.4, -0.2) is 28.4 Å². The fraction of sp³-hybridized carbons (Fsp3) is 0.588. The number of carbonyl (C=O) groups excluding carboxylic acids is 2. The summed E-state index contributed by atoms with van der Waals surface area (Å²) in [6.45, 7) is 3.67. The number of nitrogens with zero attached hydrogens (tertiary/aromatic N) is 1.